The molecule has 2 atom stereocenters. The Morgan fingerprint density at radius 1 is 1.24 bits per heavy atom. The van der Waals surface area contributed by atoms with E-state index in [0.717, 1.165) is 25.7 Å². The van der Waals surface area contributed by atoms with Gasteiger partial charge in [0.25, 0.3) is 0 Å². The van der Waals surface area contributed by atoms with E-state index in [2.05, 4.69) is 39.6 Å². The number of hydrogen-bond donors (Lipinski definition) is 0. The minimum Gasteiger partial charge on any atom is -0.362 e. The second-order valence-corrected chi connectivity index (χ2v) is 7.33. The lowest BCUT2D eigenvalue weighted by Gasteiger charge is -2.47. The highest BCUT2D eigenvalue weighted by Gasteiger charge is 2.39. The van der Waals surface area contributed by atoms with Crippen LogP contribution >= 0.6 is 15.9 Å². The highest BCUT2D eigenvalue weighted by Crippen LogP contribution is 2.37. The molecule has 0 radical (unpaired) electrons. The van der Waals surface area contributed by atoms with E-state index < -0.39 is 11.6 Å². The first-order valence-corrected chi connectivity index (χ1v) is 8.42. The van der Waals surface area contributed by atoms with Crippen LogP contribution in [-0.2, 0) is 0 Å². The molecule has 0 saturated carbocycles. The maximum Gasteiger partial charge on any atom is 0.150 e. The van der Waals surface area contributed by atoms with Crippen molar-refractivity contribution in [2.24, 2.45) is 5.92 Å². The van der Waals surface area contributed by atoms with Crippen LogP contribution in [0.15, 0.2) is 16.6 Å². The van der Waals surface area contributed by atoms with Gasteiger partial charge in [0.05, 0.1) is 5.69 Å². The quantitative estimate of drug-likeness (QED) is 0.787. The zero-order valence-corrected chi connectivity index (χ0v) is 14.0. The highest BCUT2D eigenvalue weighted by atomic mass is 79.9. The second kappa shape index (κ2) is 5.84. The average molecular weight is 359 g/mol. The maximum atomic E-state index is 14.4. The van der Waals surface area contributed by atoms with Crippen molar-refractivity contribution in [2.45, 2.75) is 38.8 Å². The van der Waals surface area contributed by atoms with Crippen molar-refractivity contribution in [3.05, 3.63) is 28.2 Å². The van der Waals surface area contributed by atoms with Crippen molar-refractivity contribution in [1.82, 2.24) is 4.90 Å². The molecule has 2 unspecified atom stereocenters. The van der Waals surface area contributed by atoms with Crippen LogP contribution in [0, 0.1) is 17.6 Å². The fourth-order valence-corrected chi connectivity index (χ4v) is 4.32. The molecular formula is C16H21BrF2N2. The molecule has 0 bridgehead atoms. The predicted molar refractivity (Wildman–Crippen MR) is 84.6 cm³/mol. The summed E-state index contributed by atoms with van der Waals surface area (Å²) in [5.74, 6) is -0.592. The summed E-state index contributed by atoms with van der Waals surface area (Å²) < 4.78 is 28.2. The van der Waals surface area contributed by atoms with E-state index in [-0.39, 0.29) is 6.04 Å². The molecule has 0 spiro atoms. The van der Waals surface area contributed by atoms with Gasteiger partial charge in [0.2, 0.25) is 0 Å². The molecule has 2 saturated heterocycles. The van der Waals surface area contributed by atoms with Crippen molar-refractivity contribution in [1.29, 1.82) is 0 Å². The fraction of sp³-hybridized carbons (Fsp3) is 0.625. The number of hydrogen-bond acceptors (Lipinski definition) is 2. The van der Waals surface area contributed by atoms with E-state index in [9.17, 15) is 8.78 Å². The summed E-state index contributed by atoms with van der Waals surface area (Å²) in [6.45, 7) is 7.27. The Bertz CT molecular complexity index is 512. The molecule has 3 rings (SSSR count). The van der Waals surface area contributed by atoms with E-state index >= 15 is 0 Å². The molecule has 2 aliphatic rings. The number of nitrogens with zero attached hydrogens (tertiary/aromatic N) is 2. The van der Waals surface area contributed by atoms with Gasteiger partial charge in [-0.25, -0.2) is 8.78 Å². The van der Waals surface area contributed by atoms with E-state index in [1.807, 2.05) is 0 Å². The van der Waals surface area contributed by atoms with Crippen LogP contribution in [0.5, 0.6) is 0 Å². The first-order chi connectivity index (χ1) is 9.97. The van der Waals surface area contributed by atoms with Gasteiger partial charge in [-0.2, -0.15) is 0 Å². The molecule has 2 aliphatic heterocycles. The van der Waals surface area contributed by atoms with Gasteiger partial charge in [-0.3, -0.25) is 4.90 Å². The van der Waals surface area contributed by atoms with Crippen LogP contribution in [0.4, 0.5) is 14.5 Å². The summed E-state index contributed by atoms with van der Waals surface area (Å²) in [6, 6.07) is 3.10. The molecule has 0 N–H and O–H groups in total. The van der Waals surface area contributed by atoms with Crippen molar-refractivity contribution in [3.63, 3.8) is 0 Å². The first-order valence-electron chi connectivity index (χ1n) is 7.62. The third-order valence-corrected chi connectivity index (χ3v) is 5.37. The second-order valence-electron chi connectivity index (χ2n) is 6.47. The molecule has 0 aliphatic carbocycles. The van der Waals surface area contributed by atoms with Crippen molar-refractivity contribution in [3.8, 4) is 0 Å². The normalized spacial score (nSPS) is 26.5. The lowest BCUT2D eigenvalue weighted by molar-refractivity contribution is 0.175. The molecular weight excluding hydrogens is 338 g/mol. The monoisotopic (exact) mass is 358 g/mol. The summed E-state index contributed by atoms with van der Waals surface area (Å²) >= 11 is 3.35. The third kappa shape index (κ3) is 2.82. The average Bonchev–Trinajstić information content (AvgIpc) is 2.83. The Morgan fingerprint density at radius 3 is 2.67 bits per heavy atom. The lowest BCUT2D eigenvalue weighted by Crippen LogP contribution is -2.58. The smallest absolute Gasteiger partial charge is 0.150 e. The van der Waals surface area contributed by atoms with Gasteiger partial charge in [-0.15, -0.1) is 0 Å². The van der Waals surface area contributed by atoms with Crippen molar-refractivity contribution < 1.29 is 8.78 Å². The maximum absolute atomic E-state index is 14.4. The molecule has 2 nitrogen and oxygen atoms in total. The number of fused-ring (bicyclic) bond motifs is 1. The number of piperazine rings is 1. The summed E-state index contributed by atoms with van der Waals surface area (Å²) in [5, 5.41) is 0. The Hall–Kier alpha value is -0.680. The van der Waals surface area contributed by atoms with E-state index in [1.165, 1.54) is 18.9 Å². The zero-order chi connectivity index (χ0) is 15.1. The van der Waals surface area contributed by atoms with Gasteiger partial charge in [-0.1, -0.05) is 13.8 Å². The molecule has 116 valence electrons. The van der Waals surface area contributed by atoms with E-state index in [0.29, 0.717) is 22.1 Å². The van der Waals surface area contributed by atoms with Crippen LogP contribution < -0.4 is 4.90 Å². The molecule has 1 aromatic carbocycles. The SMILES string of the molecule is CC(C)C1CN2CCCC2CN1c1c(F)cc(F)cc1Br. The fourth-order valence-electron chi connectivity index (χ4n) is 3.68. The van der Waals surface area contributed by atoms with Gasteiger partial charge < -0.3 is 4.90 Å². The standard InChI is InChI=1S/C16H21BrF2N2/c1-10(2)15-9-20-5-3-4-12(20)8-21(15)16-13(17)6-11(18)7-14(16)19/h6-7,10,12,15H,3-5,8-9H2,1-2H3. The van der Waals surface area contributed by atoms with Crippen LogP contribution in [0.3, 0.4) is 0 Å². The lowest BCUT2D eigenvalue weighted by atomic mass is 9.96. The molecule has 0 aromatic heterocycles. The molecule has 2 heterocycles. The van der Waals surface area contributed by atoms with Gasteiger partial charge in [0.1, 0.15) is 5.82 Å². The van der Waals surface area contributed by atoms with E-state index in [4.69, 9.17) is 0 Å². The number of anilines is 1. The molecule has 21 heavy (non-hydrogen) atoms. The Labute approximate surface area is 133 Å². The largest absolute Gasteiger partial charge is 0.362 e. The summed E-state index contributed by atoms with van der Waals surface area (Å²) in [7, 11) is 0. The minimum atomic E-state index is -0.538. The summed E-state index contributed by atoms with van der Waals surface area (Å²) in [5.41, 5.74) is 0.515. The summed E-state index contributed by atoms with van der Waals surface area (Å²) in [6.07, 6.45) is 2.39. The topological polar surface area (TPSA) is 6.48 Å². The minimum absolute atomic E-state index is 0.260. The van der Waals surface area contributed by atoms with E-state index in [1.54, 1.807) is 0 Å². The number of halogens is 3. The number of rotatable bonds is 2. The van der Waals surface area contributed by atoms with Gasteiger partial charge in [0.15, 0.2) is 5.82 Å². The Kier molecular flexibility index (Phi) is 4.23. The summed E-state index contributed by atoms with van der Waals surface area (Å²) in [4.78, 5) is 4.67. The first kappa shape index (κ1) is 15.2. The zero-order valence-electron chi connectivity index (χ0n) is 12.5. The molecule has 0 amide bonds. The highest BCUT2D eigenvalue weighted by molar-refractivity contribution is 9.10. The molecule has 2 fully saturated rings. The van der Waals surface area contributed by atoms with Crippen LogP contribution in [0.25, 0.3) is 0 Å². The van der Waals surface area contributed by atoms with Gasteiger partial charge >= 0.3 is 0 Å². The molecule has 1 aromatic rings. The van der Waals surface area contributed by atoms with Crippen LogP contribution in [0.2, 0.25) is 0 Å². The van der Waals surface area contributed by atoms with Gasteiger partial charge in [0, 0.05) is 35.7 Å². The predicted octanol–water partition coefficient (Wildman–Crippen LogP) is 4.04. The van der Waals surface area contributed by atoms with Crippen molar-refractivity contribution >= 4 is 21.6 Å². The van der Waals surface area contributed by atoms with Crippen molar-refractivity contribution in [2.75, 3.05) is 24.5 Å². The third-order valence-electron chi connectivity index (χ3n) is 4.77. The number of benzene rings is 1. The van der Waals surface area contributed by atoms with Gasteiger partial charge in [-0.05, 0) is 47.3 Å². The molecule has 5 heteroatoms. The van der Waals surface area contributed by atoms with Crippen LogP contribution in [0.1, 0.15) is 26.7 Å². The Balaban J connectivity index is 1.98. The Morgan fingerprint density at radius 2 is 2.00 bits per heavy atom. The van der Waals surface area contributed by atoms with Crippen LogP contribution in [-0.4, -0.2) is 36.6 Å².